The zero-order chi connectivity index (χ0) is 13.5. The first-order chi connectivity index (χ1) is 9.83. The first-order valence-electron chi connectivity index (χ1n) is 6.56. The van der Waals surface area contributed by atoms with Gasteiger partial charge in [0, 0.05) is 35.2 Å². The van der Waals surface area contributed by atoms with Crippen LogP contribution in [0.15, 0.2) is 47.4 Å². The highest BCUT2D eigenvalue weighted by Gasteiger charge is 2.18. The van der Waals surface area contributed by atoms with Gasteiger partial charge >= 0.3 is 0 Å². The number of nitrogens with one attached hydrogen (secondary N) is 1. The smallest absolute Gasteiger partial charge is 0.249 e. The molecule has 1 aromatic carbocycles. The van der Waals surface area contributed by atoms with Crippen LogP contribution in [-0.2, 0) is 6.42 Å². The lowest BCUT2D eigenvalue weighted by molar-refractivity contribution is 0.357. The molecule has 0 bridgehead atoms. The molecule has 4 heteroatoms. The van der Waals surface area contributed by atoms with Gasteiger partial charge in [-0.25, -0.2) is 0 Å². The van der Waals surface area contributed by atoms with Crippen LogP contribution in [0, 0.1) is 0 Å². The first-order valence-corrected chi connectivity index (χ1v) is 6.56. The lowest BCUT2D eigenvalue weighted by Crippen LogP contribution is -2.06. The zero-order valence-corrected chi connectivity index (χ0v) is 10.7. The van der Waals surface area contributed by atoms with Crippen molar-refractivity contribution in [3.8, 4) is 17.0 Å². The summed E-state index contributed by atoms with van der Waals surface area (Å²) in [4.78, 5) is 19.2. The predicted molar refractivity (Wildman–Crippen MR) is 77.0 cm³/mol. The number of hydrogen-bond donors (Lipinski definition) is 1. The summed E-state index contributed by atoms with van der Waals surface area (Å²) in [5, 5.41) is 1.01. The Morgan fingerprint density at radius 3 is 3.00 bits per heavy atom. The third kappa shape index (κ3) is 1.61. The van der Waals surface area contributed by atoms with Crippen LogP contribution in [0.5, 0.6) is 5.75 Å². The molecule has 1 aliphatic rings. The molecule has 0 fully saturated rings. The van der Waals surface area contributed by atoms with Gasteiger partial charge in [-0.15, -0.1) is 0 Å². The largest absolute Gasteiger partial charge is 0.493 e. The van der Waals surface area contributed by atoms with E-state index in [0.29, 0.717) is 6.61 Å². The van der Waals surface area contributed by atoms with E-state index in [-0.39, 0.29) is 5.56 Å². The SMILES string of the molecule is O=c1cc(-c2ccccn2)c2ccc3c(c2[nH]1)CCO3. The van der Waals surface area contributed by atoms with Crippen molar-refractivity contribution in [2.45, 2.75) is 6.42 Å². The number of H-pyrrole nitrogens is 1. The molecule has 0 atom stereocenters. The van der Waals surface area contributed by atoms with Crippen molar-refractivity contribution in [1.82, 2.24) is 9.97 Å². The summed E-state index contributed by atoms with van der Waals surface area (Å²) >= 11 is 0. The monoisotopic (exact) mass is 264 g/mol. The van der Waals surface area contributed by atoms with Crippen molar-refractivity contribution in [2.75, 3.05) is 6.61 Å². The molecule has 3 heterocycles. The highest BCUT2D eigenvalue weighted by Crippen LogP contribution is 2.34. The van der Waals surface area contributed by atoms with E-state index in [4.69, 9.17) is 4.74 Å². The second-order valence-electron chi connectivity index (χ2n) is 4.83. The number of aromatic nitrogens is 2. The third-order valence-corrected chi connectivity index (χ3v) is 3.63. The molecule has 20 heavy (non-hydrogen) atoms. The van der Waals surface area contributed by atoms with Gasteiger partial charge in [0.15, 0.2) is 0 Å². The lowest BCUT2D eigenvalue weighted by Gasteiger charge is -2.08. The second-order valence-corrected chi connectivity index (χ2v) is 4.83. The van der Waals surface area contributed by atoms with E-state index in [2.05, 4.69) is 9.97 Å². The number of fused-ring (bicyclic) bond motifs is 3. The van der Waals surface area contributed by atoms with Gasteiger partial charge in [0.25, 0.3) is 0 Å². The zero-order valence-electron chi connectivity index (χ0n) is 10.7. The van der Waals surface area contributed by atoms with Gasteiger partial charge in [0.2, 0.25) is 5.56 Å². The topological polar surface area (TPSA) is 55.0 Å². The van der Waals surface area contributed by atoms with E-state index in [1.165, 1.54) is 0 Å². The van der Waals surface area contributed by atoms with Crippen molar-refractivity contribution < 1.29 is 4.74 Å². The van der Waals surface area contributed by atoms with Crippen molar-refractivity contribution in [1.29, 1.82) is 0 Å². The molecule has 0 amide bonds. The fourth-order valence-electron chi connectivity index (χ4n) is 2.74. The second kappa shape index (κ2) is 4.20. The number of aromatic amines is 1. The van der Waals surface area contributed by atoms with Crippen LogP contribution in [0.4, 0.5) is 0 Å². The van der Waals surface area contributed by atoms with Gasteiger partial charge in [-0.2, -0.15) is 0 Å². The van der Waals surface area contributed by atoms with Gasteiger partial charge in [-0.1, -0.05) is 6.07 Å². The van der Waals surface area contributed by atoms with Crippen LogP contribution >= 0.6 is 0 Å². The molecule has 1 aliphatic heterocycles. The van der Waals surface area contributed by atoms with Crippen LogP contribution in [0.1, 0.15) is 5.56 Å². The highest BCUT2D eigenvalue weighted by molar-refractivity contribution is 5.96. The van der Waals surface area contributed by atoms with Crippen LogP contribution in [0.3, 0.4) is 0 Å². The molecule has 0 saturated heterocycles. The van der Waals surface area contributed by atoms with E-state index in [1.807, 2.05) is 30.3 Å². The molecule has 1 N–H and O–H groups in total. The van der Waals surface area contributed by atoms with Crippen molar-refractivity contribution in [2.24, 2.45) is 0 Å². The quantitative estimate of drug-likeness (QED) is 0.734. The number of nitrogens with zero attached hydrogens (tertiary/aromatic N) is 1. The molecule has 0 radical (unpaired) electrons. The van der Waals surface area contributed by atoms with Crippen LogP contribution < -0.4 is 10.3 Å². The first kappa shape index (κ1) is 11.2. The minimum absolute atomic E-state index is 0.113. The van der Waals surface area contributed by atoms with Gasteiger partial charge < -0.3 is 9.72 Å². The Kier molecular flexibility index (Phi) is 2.36. The number of ether oxygens (including phenoxy) is 1. The Labute approximate surface area is 115 Å². The molecule has 0 unspecified atom stereocenters. The Balaban J connectivity index is 2.10. The fraction of sp³-hybridized carbons (Fsp3) is 0.125. The summed E-state index contributed by atoms with van der Waals surface area (Å²) in [6.45, 7) is 0.671. The minimum atomic E-state index is -0.113. The Morgan fingerprint density at radius 1 is 1.20 bits per heavy atom. The lowest BCUT2D eigenvalue weighted by atomic mass is 10.0. The molecule has 4 nitrogen and oxygen atoms in total. The van der Waals surface area contributed by atoms with E-state index in [0.717, 1.165) is 39.9 Å². The third-order valence-electron chi connectivity index (χ3n) is 3.63. The molecule has 0 aliphatic carbocycles. The minimum Gasteiger partial charge on any atom is -0.493 e. The summed E-state index contributed by atoms with van der Waals surface area (Å²) in [5.41, 5.74) is 3.51. The van der Waals surface area contributed by atoms with Crippen LogP contribution in [0.2, 0.25) is 0 Å². The molecule has 98 valence electrons. The fourth-order valence-corrected chi connectivity index (χ4v) is 2.74. The summed E-state index contributed by atoms with van der Waals surface area (Å²) < 4.78 is 5.55. The van der Waals surface area contributed by atoms with E-state index >= 15 is 0 Å². The van der Waals surface area contributed by atoms with Crippen LogP contribution in [-0.4, -0.2) is 16.6 Å². The highest BCUT2D eigenvalue weighted by atomic mass is 16.5. The normalized spacial score (nSPS) is 13.2. The van der Waals surface area contributed by atoms with Gasteiger partial charge in [0.1, 0.15) is 5.75 Å². The summed E-state index contributed by atoms with van der Waals surface area (Å²) in [7, 11) is 0. The average molecular weight is 264 g/mol. The summed E-state index contributed by atoms with van der Waals surface area (Å²) in [5.74, 6) is 0.867. The van der Waals surface area contributed by atoms with E-state index in [9.17, 15) is 4.79 Å². The number of pyridine rings is 2. The predicted octanol–water partition coefficient (Wildman–Crippen LogP) is 2.53. The molecule has 4 rings (SSSR count). The van der Waals surface area contributed by atoms with Crippen molar-refractivity contribution >= 4 is 10.9 Å². The Hall–Kier alpha value is -2.62. The van der Waals surface area contributed by atoms with Crippen LogP contribution in [0.25, 0.3) is 22.2 Å². The molecule has 2 aromatic heterocycles. The van der Waals surface area contributed by atoms with Gasteiger partial charge in [0.05, 0.1) is 17.8 Å². The van der Waals surface area contributed by atoms with Crippen molar-refractivity contribution in [3.05, 3.63) is 58.5 Å². The van der Waals surface area contributed by atoms with E-state index in [1.54, 1.807) is 12.3 Å². The number of benzene rings is 1. The average Bonchev–Trinajstić information content (AvgIpc) is 2.96. The number of rotatable bonds is 1. The van der Waals surface area contributed by atoms with Gasteiger partial charge in [-0.3, -0.25) is 9.78 Å². The Bertz CT molecular complexity index is 853. The molecule has 3 aromatic rings. The molecule has 0 saturated carbocycles. The molecular weight excluding hydrogens is 252 g/mol. The van der Waals surface area contributed by atoms with E-state index < -0.39 is 0 Å². The maximum Gasteiger partial charge on any atom is 0.249 e. The molecule has 0 spiro atoms. The van der Waals surface area contributed by atoms with Crippen molar-refractivity contribution in [3.63, 3.8) is 0 Å². The van der Waals surface area contributed by atoms with Gasteiger partial charge in [-0.05, 0) is 24.3 Å². The standard InChI is InChI=1S/C16H12N2O2/c19-15-9-12(13-3-1-2-7-17-13)10-4-5-14-11(6-8-20-14)16(10)18-15/h1-5,7,9H,6,8H2,(H,18,19). The maximum atomic E-state index is 12.0. The molecular formula is C16H12N2O2. The summed E-state index contributed by atoms with van der Waals surface area (Å²) in [6.07, 6.45) is 2.56. The Morgan fingerprint density at radius 2 is 2.15 bits per heavy atom. The maximum absolute atomic E-state index is 12.0. The number of hydrogen-bond acceptors (Lipinski definition) is 3. The summed E-state index contributed by atoms with van der Waals surface area (Å²) in [6, 6.07) is 11.3.